The van der Waals surface area contributed by atoms with Gasteiger partial charge in [-0.3, -0.25) is 9.59 Å². The highest BCUT2D eigenvalue weighted by molar-refractivity contribution is 6.52. The molecule has 0 unspecified atom stereocenters. The first-order chi connectivity index (χ1) is 18.4. The van der Waals surface area contributed by atoms with E-state index in [1.807, 2.05) is 0 Å². The summed E-state index contributed by atoms with van der Waals surface area (Å²) in [6.07, 6.45) is 0.418. The van der Waals surface area contributed by atoms with E-state index in [1.165, 1.54) is 17.0 Å². The van der Waals surface area contributed by atoms with Crippen LogP contribution in [0.2, 0.25) is 0 Å². The quantitative estimate of drug-likeness (QED) is 0.166. The Morgan fingerprint density at radius 3 is 2.50 bits per heavy atom. The van der Waals surface area contributed by atoms with Gasteiger partial charge in [0.25, 0.3) is 11.7 Å². The molecule has 1 aliphatic rings. The van der Waals surface area contributed by atoms with Gasteiger partial charge < -0.3 is 23.5 Å². The molecule has 0 saturated heterocycles. The number of furan rings is 1. The SMILES string of the molecule is CCOC(=O)c1c(-c2ccc(OC)cc2)oc2ccc(OCCCN3C(=O)C(=O)c4cc(F)ccc43)cc12. The minimum Gasteiger partial charge on any atom is -0.497 e. The van der Waals surface area contributed by atoms with Gasteiger partial charge in [0.1, 0.15) is 34.2 Å². The molecule has 8 nitrogen and oxygen atoms in total. The van der Waals surface area contributed by atoms with Gasteiger partial charge in [0.2, 0.25) is 0 Å². The van der Waals surface area contributed by atoms with Gasteiger partial charge in [-0.25, -0.2) is 9.18 Å². The zero-order chi connectivity index (χ0) is 26.8. The number of nitrogens with zero attached hydrogens (tertiary/aromatic N) is 1. The van der Waals surface area contributed by atoms with Gasteiger partial charge in [-0.05, 0) is 74.0 Å². The summed E-state index contributed by atoms with van der Waals surface area (Å²) in [5.74, 6) is -0.931. The van der Waals surface area contributed by atoms with Gasteiger partial charge in [0.05, 0.1) is 31.6 Å². The lowest BCUT2D eigenvalue weighted by Gasteiger charge is -2.16. The fraction of sp³-hybridized carbons (Fsp3) is 0.207. The first kappa shape index (κ1) is 25.0. The number of esters is 1. The minimum absolute atomic E-state index is 0.0699. The Bertz CT molecular complexity index is 1540. The molecule has 1 amide bonds. The smallest absolute Gasteiger partial charge is 0.342 e. The van der Waals surface area contributed by atoms with Crippen molar-refractivity contribution in [1.29, 1.82) is 0 Å². The van der Waals surface area contributed by atoms with Crippen LogP contribution in [0.4, 0.5) is 10.1 Å². The Morgan fingerprint density at radius 1 is 1.00 bits per heavy atom. The molecular weight excluding hydrogens is 493 g/mol. The molecular formula is C29H24FNO7. The van der Waals surface area contributed by atoms with E-state index in [0.29, 0.717) is 51.5 Å². The van der Waals surface area contributed by atoms with Crippen LogP contribution in [0, 0.1) is 5.82 Å². The number of anilines is 1. The third-order valence-electron chi connectivity index (χ3n) is 6.22. The van der Waals surface area contributed by atoms with Gasteiger partial charge in [-0.1, -0.05) is 0 Å². The molecule has 0 aliphatic carbocycles. The number of ketones is 1. The lowest BCUT2D eigenvalue weighted by Crippen LogP contribution is -2.31. The van der Waals surface area contributed by atoms with Gasteiger partial charge in [0.15, 0.2) is 0 Å². The maximum absolute atomic E-state index is 13.5. The number of Topliss-reactive ketones (excluding diaryl/α,β-unsaturated/α-hetero) is 1. The van der Waals surface area contributed by atoms with Crippen LogP contribution in [-0.2, 0) is 9.53 Å². The molecule has 194 valence electrons. The average Bonchev–Trinajstić information content (AvgIpc) is 3.42. The van der Waals surface area contributed by atoms with Crippen molar-refractivity contribution in [2.75, 3.05) is 31.8 Å². The Labute approximate surface area is 217 Å². The molecule has 2 heterocycles. The number of fused-ring (bicyclic) bond motifs is 2. The number of ether oxygens (including phenoxy) is 3. The fourth-order valence-corrected chi connectivity index (χ4v) is 4.43. The maximum Gasteiger partial charge on any atom is 0.342 e. The summed E-state index contributed by atoms with van der Waals surface area (Å²) in [5, 5.41) is 0.544. The monoisotopic (exact) mass is 517 g/mol. The van der Waals surface area contributed by atoms with Gasteiger partial charge in [0, 0.05) is 17.5 Å². The van der Waals surface area contributed by atoms with Crippen molar-refractivity contribution in [1.82, 2.24) is 0 Å². The van der Waals surface area contributed by atoms with E-state index < -0.39 is 23.5 Å². The van der Waals surface area contributed by atoms with E-state index in [2.05, 4.69) is 0 Å². The van der Waals surface area contributed by atoms with Crippen LogP contribution in [0.25, 0.3) is 22.3 Å². The predicted molar refractivity (Wildman–Crippen MR) is 137 cm³/mol. The summed E-state index contributed by atoms with van der Waals surface area (Å²) in [7, 11) is 1.57. The number of amides is 1. The van der Waals surface area contributed by atoms with E-state index in [4.69, 9.17) is 18.6 Å². The molecule has 0 N–H and O–H groups in total. The van der Waals surface area contributed by atoms with Crippen LogP contribution in [0.5, 0.6) is 11.5 Å². The van der Waals surface area contributed by atoms with E-state index in [0.717, 1.165) is 6.07 Å². The van der Waals surface area contributed by atoms with Crippen LogP contribution in [0.3, 0.4) is 0 Å². The molecule has 0 atom stereocenters. The third kappa shape index (κ3) is 4.58. The average molecular weight is 518 g/mol. The van der Waals surface area contributed by atoms with Crippen LogP contribution in [0.15, 0.2) is 65.1 Å². The molecule has 0 bridgehead atoms. The van der Waals surface area contributed by atoms with Crippen molar-refractivity contribution in [3.8, 4) is 22.8 Å². The van der Waals surface area contributed by atoms with Crippen molar-refractivity contribution in [3.05, 3.63) is 77.6 Å². The van der Waals surface area contributed by atoms with Crippen molar-refractivity contribution in [3.63, 3.8) is 0 Å². The number of hydrogen-bond acceptors (Lipinski definition) is 7. The molecule has 3 aromatic carbocycles. The molecule has 0 saturated carbocycles. The van der Waals surface area contributed by atoms with Crippen molar-refractivity contribution in [2.24, 2.45) is 0 Å². The summed E-state index contributed by atoms with van der Waals surface area (Å²) in [5.41, 5.74) is 1.95. The Balaban J connectivity index is 1.34. The third-order valence-corrected chi connectivity index (χ3v) is 6.22. The van der Waals surface area contributed by atoms with Crippen molar-refractivity contribution in [2.45, 2.75) is 13.3 Å². The minimum atomic E-state index is -0.718. The van der Waals surface area contributed by atoms with Crippen LogP contribution < -0.4 is 14.4 Å². The second-order valence-electron chi connectivity index (χ2n) is 8.56. The normalized spacial score (nSPS) is 12.7. The van der Waals surface area contributed by atoms with Gasteiger partial charge in [-0.2, -0.15) is 0 Å². The second-order valence-corrected chi connectivity index (χ2v) is 8.56. The highest BCUT2D eigenvalue weighted by Crippen LogP contribution is 2.37. The summed E-state index contributed by atoms with van der Waals surface area (Å²) in [6.45, 7) is 2.40. The number of rotatable bonds is 9. The standard InChI is InChI=1S/C29H24FNO7/c1-3-36-29(34)25-22-16-20(10-12-24(22)38-27(25)17-5-8-19(35-2)9-6-17)37-14-4-13-31-23-11-7-18(30)15-21(23)26(32)28(31)33/h5-12,15-16H,3-4,13-14H2,1-2H3. The van der Waals surface area contributed by atoms with E-state index in [1.54, 1.807) is 56.5 Å². The molecule has 0 spiro atoms. The second kappa shape index (κ2) is 10.4. The first-order valence-corrected chi connectivity index (χ1v) is 12.1. The molecule has 0 radical (unpaired) electrons. The Hall–Kier alpha value is -4.66. The number of methoxy groups -OCH3 is 1. The number of carbonyl (C=O) groups excluding carboxylic acids is 3. The molecule has 1 aliphatic heterocycles. The first-order valence-electron chi connectivity index (χ1n) is 12.1. The number of halogens is 1. The highest BCUT2D eigenvalue weighted by atomic mass is 19.1. The molecule has 9 heteroatoms. The van der Waals surface area contributed by atoms with Crippen LogP contribution in [-0.4, -0.2) is 44.5 Å². The fourth-order valence-electron chi connectivity index (χ4n) is 4.43. The zero-order valence-electron chi connectivity index (χ0n) is 20.8. The van der Waals surface area contributed by atoms with Crippen molar-refractivity contribution < 1.29 is 37.4 Å². The number of benzene rings is 3. The summed E-state index contributed by atoms with van der Waals surface area (Å²) < 4.78 is 35.9. The van der Waals surface area contributed by atoms with Crippen LogP contribution in [0.1, 0.15) is 34.1 Å². The zero-order valence-corrected chi connectivity index (χ0v) is 20.8. The lowest BCUT2D eigenvalue weighted by molar-refractivity contribution is -0.114. The lowest BCUT2D eigenvalue weighted by atomic mass is 10.1. The number of hydrogen-bond donors (Lipinski definition) is 0. The van der Waals surface area contributed by atoms with Gasteiger partial charge >= 0.3 is 5.97 Å². The van der Waals surface area contributed by atoms with Crippen molar-refractivity contribution >= 4 is 34.3 Å². The molecule has 38 heavy (non-hydrogen) atoms. The molecule has 1 aromatic heterocycles. The summed E-state index contributed by atoms with van der Waals surface area (Å²) in [4.78, 5) is 38.7. The summed E-state index contributed by atoms with van der Waals surface area (Å²) >= 11 is 0. The molecule has 0 fully saturated rings. The van der Waals surface area contributed by atoms with Gasteiger partial charge in [-0.15, -0.1) is 0 Å². The molecule has 4 aromatic rings. The highest BCUT2D eigenvalue weighted by Gasteiger charge is 2.35. The van der Waals surface area contributed by atoms with E-state index in [-0.39, 0.29) is 25.3 Å². The number of carbonyl (C=O) groups is 3. The van der Waals surface area contributed by atoms with E-state index >= 15 is 0 Å². The predicted octanol–water partition coefficient (Wildman–Crippen LogP) is 5.42. The maximum atomic E-state index is 13.5. The van der Waals surface area contributed by atoms with Crippen LogP contribution >= 0.6 is 0 Å². The largest absolute Gasteiger partial charge is 0.497 e. The topological polar surface area (TPSA) is 95.3 Å². The Kier molecular flexibility index (Phi) is 6.83. The summed E-state index contributed by atoms with van der Waals surface area (Å²) in [6, 6.07) is 16.0. The Morgan fingerprint density at radius 2 is 1.76 bits per heavy atom. The van der Waals surface area contributed by atoms with E-state index in [9.17, 15) is 18.8 Å². The molecule has 5 rings (SSSR count).